The molecule has 2 aromatic heterocycles. The molecule has 248 valence electrons. The van der Waals surface area contributed by atoms with Crippen molar-refractivity contribution in [1.29, 1.82) is 0 Å². The van der Waals surface area contributed by atoms with Crippen molar-refractivity contribution in [3.05, 3.63) is 194 Å². The minimum absolute atomic E-state index is 0.687. The second kappa shape index (κ2) is 12.9. The van der Waals surface area contributed by atoms with Crippen LogP contribution >= 0.6 is 0 Å². The summed E-state index contributed by atoms with van der Waals surface area (Å²) in [6, 6.07) is 68.2. The van der Waals surface area contributed by atoms with E-state index in [1.165, 1.54) is 16.3 Å². The van der Waals surface area contributed by atoms with E-state index < -0.39 is 0 Å². The molecule has 0 radical (unpaired) electrons. The predicted octanol–water partition coefficient (Wildman–Crippen LogP) is 13.5. The highest BCUT2D eigenvalue weighted by Gasteiger charge is 2.15. The van der Waals surface area contributed by atoms with Crippen molar-refractivity contribution < 1.29 is 4.42 Å². The summed E-state index contributed by atoms with van der Waals surface area (Å²) in [7, 11) is 0. The van der Waals surface area contributed by atoms with Gasteiger partial charge in [-0.2, -0.15) is 0 Å². The lowest BCUT2D eigenvalue weighted by molar-refractivity contribution is 0.669. The van der Waals surface area contributed by atoms with Crippen LogP contribution in [0.5, 0.6) is 0 Å². The van der Waals surface area contributed by atoms with Crippen LogP contribution in [0, 0.1) is 0 Å². The Balaban J connectivity index is 1.19. The van der Waals surface area contributed by atoms with Gasteiger partial charge >= 0.3 is 0 Å². The Labute approximate surface area is 307 Å². The summed E-state index contributed by atoms with van der Waals surface area (Å²) in [5.74, 6) is 0.687. The lowest BCUT2D eigenvalue weighted by atomic mass is 9.93. The van der Waals surface area contributed by atoms with Crippen LogP contribution in [0.15, 0.2) is 199 Å². The smallest absolute Gasteiger partial charge is 0.160 e. The molecule has 0 aliphatic carbocycles. The van der Waals surface area contributed by atoms with Gasteiger partial charge in [0.25, 0.3) is 0 Å². The van der Waals surface area contributed by atoms with Gasteiger partial charge in [0.1, 0.15) is 11.2 Å². The molecule has 2 heterocycles. The summed E-state index contributed by atoms with van der Waals surface area (Å²) in [4.78, 5) is 10.4. The lowest BCUT2D eigenvalue weighted by Crippen LogP contribution is -1.97. The van der Waals surface area contributed by atoms with E-state index in [-0.39, 0.29) is 0 Å². The van der Waals surface area contributed by atoms with Gasteiger partial charge < -0.3 is 4.42 Å². The van der Waals surface area contributed by atoms with Crippen molar-refractivity contribution in [2.75, 3.05) is 0 Å². The van der Waals surface area contributed by atoms with Crippen molar-refractivity contribution in [1.82, 2.24) is 9.97 Å². The summed E-state index contributed by atoms with van der Waals surface area (Å²) < 4.78 is 6.20. The van der Waals surface area contributed by atoms with Gasteiger partial charge in [-0.3, -0.25) is 0 Å². The average molecular weight is 677 g/mol. The molecule has 0 atom stereocenters. The van der Waals surface area contributed by atoms with Gasteiger partial charge in [0, 0.05) is 27.5 Å². The second-order valence-electron chi connectivity index (χ2n) is 13.4. The monoisotopic (exact) mass is 676 g/mol. The largest absolute Gasteiger partial charge is 0.456 e. The fourth-order valence-electron chi connectivity index (χ4n) is 7.33. The van der Waals surface area contributed by atoms with E-state index in [1.807, 2.05) is 36.4 Å². The molecule has 0 aliphatic rings. The Morgan fingerprint density at radius 1 is 0.283 bits per heavy atom. The maximum atomic E-state index is 6.20. The number of rotatable bonds is 6. The van der Waals surface area contributed by atoms with Crippen LogP contribution in [0.1, 0.15) is 0 Å². The maximum absolute atomic E-state index is 6.20. The molecule has 0 fully saturated rings. The van der Waals surface area contributed by atoms with Gasteiger partial charge in [0.15, 0.2) is 5.82 Å². The van der Waals surface area contributed by atoms with Crippen LogP contribution in [-0.4, -0.2) is 9.97 Å². The molecule has 0 saturated carbocycles. The molecule has 0 spiro atoms. The number of aromatic nitrogens is 2. The highest BCUT2D eigenvalue weighted by molar-refractivity contribution is 6.06. The summed E-state index contributed by atoms with van der Waals surface area (Å²) in [6.45, 7) is 0. The van der Waals surface area contributed by atoms with E-state index >= 15 is 0 Å². The van der Waals surface area contributed by atoms with E-state index in [4.69, 9.17) is 14.4 Å². The van der Waals surface area contributed by atoms with Gasteiger partial charge in [-0.1, -0.05) is 140 Å². The zero-order chi connectivity index (χ0) is 35.1. The van der Waals surface area contributed by atoms with Crippen molar-refractivity contribution in [2.45, 2.75) is 0 Å². The quantitative estimate of drug-likeness (QED) is 0.176. The summed E-state index contributed by atoms with van der Waals surface area (Å²) in [6.07, 6.45) is 0. The first-order valence-electron chi connectivity index (χ1n) is 17.9. The lowest BCUT2D eigenvalue weighted by Gasteiger charge is -2.14. The normalized spacial score (nSPS) is 11.4. The molecule has 0 amide bonds. The van der Waals surface area contributed by atoms with Gasteiger partial charge in [-0.15, -0.1) is 0 Å². The topological polar surface area (TPSA) is 38.9 Å². The Kier molecular flexibility index (Phi) is 7.47. The Morgan fingerprint density at radius 2 is 0.830 bits per heavy atom. The van der Waals surface area contributed by atoms with E-state index in [0.717, 1.165) is 77.8 Å². The van der Waals surface area contributed by atoms with E-state index in [2.05, 4.69) is 158 Å². The second-order valence-corrected chi connectivity index (χ2v) is 13.4. The highest BCUT2D eigenvalue weighted by atomic mass is 16.3. The number of para-hydroxylation sites is 1. The third kappa shape index (κ3) is 5.85. The van der Waals surface area contributed by atoms with Gasteiger partial charge in [0.05, 0.1) is 11.4 Å². The van der Waals surface area contributed by atoms with E-state index in [9.17, 15) is 0 Å². The van der Waals surface area contributed by atoms with Crippen molar-refractivity contribution in [3.63, 3.8) is 0 Å². The number of furan rings is 1. The first-order chi connectivity index (χ1) is 26.2. The molecule has 10 aromatic rings. The Bertz CT molecular complexity index is 2950. The molecule has 0 saturated heterocycles. The number of benzene rings is 8. The molecule has 8 aromatic carbocycles. The third-order valence-corrected chi connectivity index (χ3v) is 10.0. The molecule has 0 N–H and O–H groups in total. The zero-order valence-corrected chi connectivity index (χ0v) is 28.8. The fraction of sp³-hybridized carbons (Fsp3) is 0. The summed E-state index contributed by atoms with van der Waals surface area (Å²) in [5.41, 5.74) is 13.3. The van der Waals surface area contributed by atoms with Crippen LogP contribution in [0.25, 0.3) is 100.0 Å². The Morgan fingerprint density at radius 3 is 1.64 bits per heavy atom. The minimum Gasteiger partial charge on any atom is -0.456 e. The van der Waals surface area contributed by atoms with Crippen LogP contribution < -0.4 is 0 Å². The third-order valence-electron chi connectivity index (χ3n) is 10.0. The van der Waals surface area contributed by atoms with Crippen LogP contribution in [0.3, 0.4) is 0 Å². The molecule has 0 unspecified atom stereocenters. The van der Waals surface area contributed by atoms with Crippen molar-refractivity contribution in [3.8, 4) is 67.3 Å². The first kappa shape index (κ1) is 30.7. The highest BCUT2D eigenvalue weighted by Crippen LogP contribution is 2.38. The van der Waals surface area contributed by atoms with Crippen LogP contribution in [0.2, 0.25) is 0 Å². The maximum Gasteiger partial charge on any atom is 0.160 e. The van der Waals surface area contributed by atoms with Crippen LogP contribution in [0.4, 0.5) is 0 Å². The van der Waals surface area contributed by atoms with Gasteiger partial charge in [-0.25, -0.2) is 9.97 Å². The van der Waals surface area contributed by atoms with E-state index in [0.29, 0.717) is 5.82 Å². The van der Waals surface area contributed by atoms with Crippen molar-refractivity contribution >= 4 is 32.7 Å². The van der Waals surface area contributed by atoms with Crippen LogP contribution in [-0.2, 0) is 0 Å². The number of hydrogen-bond donors (Lipinski definition) is 0. The molecule has 53 heavy (non-hydrogen) atoms. The Hall–Kier alpha value is -7.10. The molecule has 10 rings (SSSR count). The first-order valence-corrected chi connectivity index (χ1v) is 17.9. The van der Waals surface area contributed by atoms with Crippen molar-refractivity contribution in [2.24, 2.45) is 0 Å². The SMILES string of the molecule is c1ccc(-c2cccc(-c3cc(-c4cc(-c5ccc6ccccc6c5)cc(-c5ccc6oc7ccccc7c6c5)c4)nc(-c4ccccc4)n3)c2)cc1. The predicted molar refractivity (Wildman–Crippen MR) is 219 cm³/mol. The summed E-state index contributed by atoms with van der Waals surface area (Å²) >= 11 is 0. The molecular formula is C50H32N2O. The molecule has 0 bridgehead atoms. The average Bonchev–Trinajstić information content (AvgIpc) is 3.62. The fourth-order valence-corrected chi connectivity index (χ4v) is 7.33. The summed E-state index contributed by atoms with van der Waals surface area (Å²) in [5, 5.41) is 4.64. The zero-order valence-electron chi connectivity index (χ0n) is 28.8. The van der Waals surface area contributed by atoms with Gasteiger partial charge in [0.2, 0.25) is 0 Å². The molecule has 0 aliphatic heterocycles. The van der Waals surface area contributed by atoms with E-state index in [1.54, 1.807) is 0 Å². The molecular weight excluding hydrogens is 645 g/mol. The number of nitrogens with zero attached hydrogens (tertiary/aromatic N) is 2. The standard InChI is InChI=1S/C50H32N2O/c1-3-12-33(13-4-1)37-18-11-19-40(27-37)46-32-47(52-50(51-46)35-15-5-2-6-16-35)43-29-41(38-23-22-34-14-7-8-17-36(34)26-38)28-42(30-43)39-24-25-49-45(31-39)44-20-9-10-21-48(44)53-49/h1-32H. The minimum atomic E-state index is 0.687. The number of fused-ring (bicyclic) bond motifs is 4. The number of hydrogen-bond acceptors (Lipinski definition) is 3. The molecule has 3 nitrogen and oxygen atoms in total. The molecule has 3 heteroatoms. The van der Waals surface area contributed by atoms with Gasteiger partial charge in [-0.05, 0) is 98.8 Å².